The molecule has 4 rings (SSSR count). The van der Waals surface area contributed by atoms with E-state index in [1.807, 2.05) is 53.4 Å². The fraction of sp³-hybridized carbons (Fsp3) is 0.267. The van der Waals surface area contributed by atoms with Gasteiger partial charge in [-0.2, -0.15) is 13.5 Å². The summed E-state index contributed by atoms with van der Waals surface area (Å²) in [7, 11) is 0. The number of hydrogen-bond donors (Lipinski definition) is 4. The van der Waals surface area contributed by atoms with Crippen LogP contribution in [0.3, 0.4) is 0 Å². The van der Waals surface area contributed by atoms with Gasteiger partial charge < -0.3 is 25.8 Å². The molecule has 42 heavy (non-hydrogen) atoms. The Bertz CT molecular complexity index is 1450. The van der Waals surface area contributed by atoms with Crippen molar-refractivity contribution in [3.63, 3.8) is 0 Å². The summed E-state index contributed by atoms with van der Waals surface area (Å²) in [5.74, 6) is -1.39. The van der Waals surface area contributed by atoms with Crippen molar-refractivity contribution >= 4 is 65.9 Å². The first-order valence-electron chi connectivity index (χ1n) is 13.1. The zero-order chi connectivity index (χ0) is 29.5. The number of Topliss-reactive ketones (excluding diaryl/α,β-unsaturated/α-hetero) is 1. The summed E-state index contributed by atoms with van der Waals surface area (Å²) >= 11 is 12.8. The smallest absolute Gasteiger partial charge is 0.326 e. The van der Waals surface area contributed by atoms with Crippen LogP contribution in [0.5, 0.6) is 5.75 Å². The number of amidine groups is 1. The molecule has 0 saturated heterocycles. The second-order valence-corrected chi connectivity index (χ2v) is 10.5. The molecular formula is C30H32Cl2N4O5S. The van der Waals surface area contributed by atoms with Crippen molar-refractivity contribution in [2.75, 3.05) is 24.6 Å². The number of carboxylic acids is 1. The average molecular weight is 632 g/mol. The number of carbonyl (C=O) groups is 3. The third-order valence-electron chi connectivity index (χ3n) is 6.73. The largest absolute Gasteiger partial charge is 0.490 e. The highest BCUT2D eigenvalue weighted by atomic mass is 35.5. The van der Waals surface area contributed by atoms with E-state index in [0.717, 1.165) is 22.4 Å². The number of halogens is 2. The Morgan fingerprint density at radius 2 is 1.71 bits per heavy atom. The van der Waals surface area contributed by atoms with E-state index in [9.17, 15) is 19.5 Å². The number of fused-ring (bicyclic) bond motifs is 1. The van der Waals surface area contributed by atoms with E-state index in [4.69, 9.17) is 39.1 Å². The number of hydrogen-bond acceptors (Lipinski definition) is 6. The van der Waals surface area contributed by atoms with Crippen molar-refractivity contribution in [2.45, 2.75) is 31.7 Å². The molecule has 12 heteroatoms. The van der Waals surface area contributed by atoms with Crippen LogP contribution in [0.4, 0.5) is 5.69 Å². The molecule has 3 aromatic carbocycles. The summed E-state index contributed by atoms with van der Waals surface area (Å²) in [6.07, 6.45) is 0.387. The van der Waals surface area contributed by atoms with Crippen molar-refractivity contribution in [1.82, 2.24) is 5.32 Å². The molecule has 0 aliphatic carbocycles. The number of amides is 1. The maximum Gasteiger partial charge on any atom is 0.326 e. The Hall–Kier alpha value is -3.73. The van der Waals surface area contributed by atoms with Gasteiger partial charge in [0.2, 0.25) is 0 Å². The number of ketones is 1. The maximum absolute atomic E-state index is 13.0. The first-order chi connectivity index (χ1) is 19.6. The maximum atomic E-state index is 13.0. The van der Waals surface area contributed by atoms with Gasteiger partial charge in [0.25, 0.3) is 5.91 Å². The third kappa shape index (κ3) is 8.40. The normalized spacial score (nSPS) is 12.8. The quantitative estimate of drug-likeness (QED) is 0.161. The molecule has 222 valence electrons. The fourth-order valence-electron chi connectivity index (χ4n) is 4.65. The van der Waals surface area contributed by atoms with Gasteiger partial charge in [-0.25, -0.2) is 4.79 Å². The molecule has 1 aliphatic rings. The monoisotopic (exact) mass is 630 g/mol. The van der Waals surface area contributed by atoms with E-state index in [1.54, 1.807) is 12.1 Å². The van der Waals surface area contributed by atoms with Gasteiger partial charge in [0, 0.05) is 25.8 Å². The number of nitrogens with one attached hydrogen (secondary N) is 2. The molecule has 1 atom stereocenters. The number of nitrogens with two attached hydrogens (primary N) is 1. The van der Waals surface area contributed by atoms with Crippen LogP contribution < -0.4 is 20.7 Å². The minimum absolute atomic E-state index is 0. The molecule has 0 unspecified atom stereocenters. The Morgan fingerprint density at radius 1 is 1.02 bits per heavy atom. The zero-order valence-corrected chi connectivity index (χ0v) is 25.2. The van der Waals surface area contributed by atoms with Crippen LogP contribution in [0.15, 0.2) is 60.7 Å². The summed E-state index contributed by atoms with van der Waals surface area (Å²) in [5, 5.41) is 19.9. The van der Waals surface area contributed by atoms with Gasteiger partial charge in [0.15, 0.2) is 0 Å². The molecule has 0 aromatic heterocycles. The Morgan fingerprint density at radius 3 is 2.36 bits per heavy atom. The first kappa shape index (κ1) is 32.8. The van der Waals surface area contributed by atoms with E-state index in [2.05, 4.69) is 5.32 Å². The van der Waals surface area contributed by atoms with Crippen LogP contribution >= 0.6 is 36.7 Å². The highest BCUT2D eigenvalue weighted by Crippen LogP contribution is 2.33. The molecule has 1 heterocycles. The van der Waals surface area contributed by atoms with E-state index >= 15 is 0 Å². The summed E-state index contributed by atoms with van der Waals surface area (Å²) in [5.41, 5.74) is 8.78. The molecule has 0 radical (unpaired) electrons. The Labute approximate surface area is 260 Å². The lowest BCUT2D eigenvalue weighted by atomic mass is 10.0. The number of aliphatic carboxylic acids is 1. The number of ether oxygens (including phenoxy) is 1. The van der Waals surface area contributed by atoms with Gasteiger partial charge in [0.1, 0.15) is 24.2 Å². The molecule has 9 nitrogen and oxygen atoms in total. The molecule has 3 aromatic rings. The van der Waals surface area contributed by atoms with Crippen molar-refractivity contribution in [3.8, 4) is 16.9 Å². The van der Waals surface area contributed by atoms with Crippen molar-refractivity contribution in [2.24, 2.45) is 5.73 Å². The van der Waals surface area contributed by atoms with Crippen molar-refractivity contribution < 1.29 is 24.2 Å². The van der Waals surface area contributed by atoms with Gasteiger partial charge in [-0.15, -0.1) is 0 Å². The third-order valence-corrected chi connectivity index (χ3v) is 7.33. The fourth-order valence-corrected chi connectivity index (χ4v) is 5.30. The SMILES string of the molecule is N=C(N)Cc1ccc2c(c1)N(CCC(=O)CC[C@H](NC(=O)c1c(Cl)cc(-c3ccccc3)cc1Cl)C(=O)O)CCO2.S. The van der Waals surface area contributed by atoms with Crippen LogP contribution in [-0.2, 0) is 16.0 Å². The van der Waals surface area contributed by atoms with Gasteiger partial charge in [-0.3, -0.25) is 15.0 Å². The van der Waals surface area contributed by atoms with E-state index in [1.165, 1.54) is 0 Å². The topological polar surface area (TPSA) is 146 Å². The standard InChI is InChI=1S/C30H30Cl2N4O5.H2S/c31-22-16-20(19-4-2-1-3-5-19)17-23(32)28(22)29(38)35-24(30(39)40)8-7-21(37)10-11-36-12-13-41-26-9-6-18(14-25(26)36)15-27(33)34;/h1-6,9,14,16-17,24H,7-8,10-13,15H2,(H3,33,34)(H,35,38)(H,39,40);1H2/t24-;/m0./s1. The summed E-state index contributed by atoms with van der Waals surface area (Å²) < 4.78 is 5.71. The second-order valence-electron chi connectivity index (χ2n) is 9.71. The molecule has 1 aliphatic heterocycles. The van der Waals surface area contributed by atoms with Gasteiger partial charge in [-0.05, 0) is 47.4 Å². The molecule has 0 bridgehead atoms. The number of carboxylic acid groups (broad SMARTS) is 1. The number of anilines is 1. The van der Waals surface area contributed by atoms with Gasteiger partial charge in [-0.1, -0.05) is 59.6 Å². The van der Waals surface area contributed by atoms with E-state index in [0.29, 0.717) is 31.9 Å². The number of nitrogens with zero attached hydrogens (tertiary/aromatic N) is 1. The zero-order valence-electron chi connectivity index (χ0n) is 22.7. The lowest BCUT2D eigenvalue weighted by molar-refractivity contribution is -0.139. The molecule has 0 saturated carbocycles. The second kappa shape index (κ2) is 14.9. The molecular weight excluding hydrogens is 599 g/mol. The molecule has 0 fully saturated rings. The number of carbonyl (C=O) groups excluding carboxylic acids is 2. The lowest BCUT2D eigenvalue weighted by Crippen LogP contribution is -2.41. The molecule has 0 spiro atoms. The Balaban J connectivity index is 0.00000484. The summed E-state index contributed by atoms with van der Waals surface area (Å²) in [6, 6.07) is 16.8. The van der Waals surface area contributed by atoms with Crippen LogP contribution in [0, 0.1) is 5.41 Å². The summed E-state index contributed by atoms with van der Waals surface area (Å²) in [4.78, 5) is 39.6. The lowest BCUT2D eigenvalue weighted by Gasteiger charge is -2.31. The van der Waals surface area contributed by atoms with Gasteiger partial charge >= 0.3 is 5.97 Å². The summed E-state index contributed by atoms with van der Waals surface area (Å²) in [6.45, 7) is 1.47. The average Bonchev–Trinajstić information content (AvgIpc) is 2.93. The van der Waals surface area contributed by atoms with E-state index in [-0.39, 0.29) is 60.0 Å². The minimum Gasteiger partial charge on any atom is -0.490 e. The van der Waals surface area contributed by atoms with Crippen LogP contribution in [-0.4, -0.2) is 54.3 Å². The predicted molar refractivity (Wildman–Crippen MR) is 170 cm³/mol. The number of benzene rings is 3. The molecule has 1 amide bonds. The first-order valence-corrected chi connectivity index (χ1v) is 13.8. The van der Waals surface area contributed by atoms with Gasteiger partial charge in [0.05, 0.1) is 33.7 Å². The van der Waals surface area contributed by atoms with Crippen LogP contribution in [0.25, 0.3) is 11.1 Å². The molecule has 5 N–H and O–H groups in total. The van der Waals surface area contributed by atoms with Crippen molar-refractivity contribution in [1.29, 1.82) is 5.41 Å². The van der Waals surface area contributed by atoms with Crippen LogP contribution in [0.1, 0.15) is 35.2 Å². The predicted octanol–water partition coefficient (Wildman–Crippen LogP) is 5.07. The van der Waals surface area contributed by atoms with Crippen LogP contribution in [0.2, 0.25) is 10.0 Å². The highest BCUT2D eigenvalue weighted by Gasteiger charge is 2.25. The number of rotatable bonds is 12. The minimum atomic E-state index is -1.30. The highest BCUT2D eigenvalue weighted by molar-refractivity contribution is 7.59. The van der Waals surface area contributed by atoms with Crippen molar-refractivity contribution in [3.05, 3.63) is 81.8 Å². The van der Waals surface area contributed by atoms with E-state index < -0.39 is 17.9 Å². The Kier molecular flexibility index (Phi) is 11.7.